The maximum Gasteiger partial charge on any atom is 0.260 e. The van der Waals surface area contributed by atoms with Gasteiger partial charge in [-0.1, -0.05) is 30.3 Å². The molecule has 4 aromatic rings. The normalized spacial score (nSPS) is 15.6. The van der Waals surface area contributed by atoms with Gasteiger partial charge in [0.1, 0.15) is 11.3 Å². The lowest BCUT2D eigenvalue weighted by molar-refractivity contribution is 0.386. The van der Waals surface area contributed by atoms with Gasteiger partial charge < -0.3 is 20.1 Å². The monoisotopic (exact) mass is 448 g/mol. The van der Waals surface area contributed by atoms with Gasteiger partial charge in [0.05, 0.1) is 13.2 Å². The molecule has 0 radical (unpaired) electrons. The molecule has 2 aromatic heterocycles. The highest BCUT2D eigenvalue weighted by Gasteiger charge is 2.30. The third-order valence-electron chi connectivity index (χ3n) is 6.12. The molecule has 4 N–H and O–H groups in total. The lowest BCUT2D eigenvalue weighted by Crippen LogP contribution is -2.35. The summed E-state index contributed by atoms with van der Waals surface area (Å²) in [6.45, 7) is 1.14. The summed E-state index contributed by atoms with van der Waals surface area (Å²) in [4.78, 5) is 19.1. The van der Waals surface area contributed by atoms with Crippen LogP contribution in [0.3, 0.4) is 0 Å². The molecule has 1 unspecified atom stereocenters. The fraction of sp³-hybridized carbons (Fsp3) is 0.250. The summed E-state index contributed by atoms with van der Waals surface area (Å²) < 4.78 is 7.20. The average molecular weight is 449 g/mol. The minimum absolute atomic E-state index is 0.101. The van der Waals surface area contributed by atoms with Crippen molar-refractivity contribution in [3.63, 3.8) is 0 Å². The predicted molar refractivity (Wildman–Crippen MR) is 126 cm³/mol. The predicted octanol–water partition coefficient (Wildman–Crippen LogP) is 3.58. The van der Waals surface area contributed by atoms with Gasteiger partial charge in [-0.15, -0.1) is 0 Å². The zero-order valence-electron chi connectivity index (χ0n) is 17.6. The van der Waals surface area contributed by atoms with Crippen molar-refractivity contribution in [2.75, 3.05) is 13.7 Å². The van der Waals surface area contributed by atoms with E-state index in [-0.39, 0.29) is 21.8 Å². The van der Waals surface area contributed by atoms with Crippen LogP contribution in [-0.4, -0.2) is 33.3 Å². The molecular formula is C24H24N4O3S. The second-order valence-corrected chi connectivity index (χ2v) is 8.34. The molecule has 1 aliphatic heterocycles. The standard InChI is InChI=1S/C24H24N4O3S/c1-31-15-7-8-18-17(13-15)16-9-11-25-21(20(16)26-18)19-22(29)27-24(32)28(23(19)30)12-10-14-5-3-2-4-6-14/h2-8,13,21,25-26,30H,9-12H2,1H3,(H,27,29,32). The summed E-state index contributed by atoms with van der Waals surface area (Å²) in [5.41, 5.74) is 3.99. The van der Waals surface area contributed by atoms with Gasteiger partial charge in [0.15, 0.2) is 4.77 Å². The van der Waals surface area contributed by atoms with Crippen molar-refractivity contribution >= 4 is 23.1 Å². The molecule has 1 atom stereocenters. The molecule has 0 aliphatic carbocycles. The number of benzene rings is 2. The number of nitrogens with one attached hydrogen (secondary N) is 3. The Bertz CT molecular complexity index is 1400. The number of hydrogen-bond acceptors (Lipinski definition) is 5. The number of aromatic nitrogens is 3. The molecular weight excluding hydrogens is 424 g/mol. The second-order valence-electron chi connectivity index (χ2n) is 7.95. The van der Waals surface area contributed by atoms with E-state index in [9.17, 15) is 9.90 Å². The largest absolute Gasteiger partial charge is 0.497 e. The van der Waals surface area contributed by atoms with E-state index in [4.69, 9.17) is 17.0 Å². The third kappa shape index (κ3) is 3.51. The first-order chi connectivity index (χ1) is 15.6. The van der Waals surface area contributed by atoms with Crippen LogP contribution >= 0.6 is 12.2 Å². The molecule has 2 aromatic carbocycles. The van der Waals surface area contributed by atoms with Crippen molar-refractivity contribution in [2.24, 2.45) is 0 Å². The van der Waals surface area contributed by atoms with E-state index in [1.165, 1.54) is 0 Å². The zero-order chi connectivity index (χ0) is 22.2. The van der Waals surface area contributed by atoms with Gasteiger partial charge in [0.2, 0.25) is 5.88 Å². The molecule has 0 amide bonds. The number of hydrogen-bond donors (Lipinski definition) is 4. The number of H-pyrrole nitrogens is 2. The molecule has 0 saturated heterocycles. The second kappa shape index (κ2) is 8.29. The topological polar surface area (TPSA) is 95.1 Å². The maximum absolute atomic E-state index is 12.9. The smallest absolute Gasteiger partial charge is 0.260 e. The van der Waals surface area contributed by atoms with Crippen LogP contribution in [-0.2, 0) is 19.4 Å². The first kappa shape index (κ1) is 20.5. The Morgan fingerprint density at radius 2 is 2.00 bits per heavy atom. The van der Waals surface area contributed by atoms with Crippen molar-refractivity contribution in [2.45, 2.75) is 25.4 Å². The molecule has 0 saturated carbocycles. The van der Waals surface area contributed by atoms with Crippen molar-refractivity contribution in [1.82, 2.24) is 19.9 Å². The summed E-state index contributed by atoms with van der Waals surface area (Å²) in [6, 6.07) is 15.4. The lowest BCUT2D eigenvalue weighted by Gasteiger charge is -2.25. The van der Waals surface area contributed by atoms with Crippen LogP contribution in [0, 0.1) is 4.77 Å². The quantitative estimate of drug-likeness (QED) is 0.350. The molecule has 0 fully saturated rings. The minimum Gasteiger partial charge on any atom is -0.497 e. The summed E-state index contributed by atoms with van der Waals surface area (Å²) >= 11 is 5.37. The highest BCUT2D eigenvalue weighted by Crippen LogP contribution is 2.36. The molecule has 8 heteroatoms. The summed E-state index contributed by atoms with van der Waals surface area (Å²) in [5.74, 6) is 0.681. The number of ether oxygens (including phenoxy) is 1. The van der Waals surface area contributed by atoms with Crippen molar-refractivity contribution in [3.05, 3.63) is 86.0 Å². The molecule has 7 nitrogen and oxygen atoms in total. The number of aromatic hydroxyl groups is 1. The Morgan fingerprint density at radius 3 is 2.78 bits per heavy atom. The number of methoxy groups -OCH3 is 1. The van der Waals surface area contributed by atoms with Crippen molar-refractivity contribution in [1.29, 1.82) is 0 Å². The first-order valence-electron chi connectivity index (χ1n) is 10.6. The van der Waals surface area contributed by atoms with E-state index in [0.29, 0.717) is 19.5 Å². The average Bonchev–Trinajstić information content (AvgIpc) is 3.18. The maximum atomic E-state index is 12.9. The van der Waals surface area contributed by atoms with E-state index in [1.54, 1.807) is 11.7 Å². The summed E-state index contributed by atoms with van der Waals surface area (Å²) in [6.07, 6.45) is 1.49. The highest BCUT2D eigenvalue weighted by atomic mass is 32.1. The molecule has 0 spiro atoms. The van der Waals surface area contributed by atoms with Crippen LogP contribution in [0.4, 0.5) is 0 Å². The summed E-state index contributed by atoms with van der Waals surface area (Å²) in [7, 11) is 1.65. The Morgan fingerprint density at radius 1 is 1.19 bits per heavy atom. The van der Waals surface area contributed by atoms with Crippen molar-refractivity contribution < 1.29 is 9.84 Å². The van der Waals surface area contributed by atoms with Crippen LogP contribution in [0.25, 0.3) is 10.9 Å². The summed E-state index contributed by atoms with van der Waals surface area (Å²) in [5, 5.41) is 15.6. The van der Waals surface area contributed by atoms with Gasteiger partial charge in [0, 0.05) is 29.7 Å². The Balaban J connectivity index is 1.58. The number of aryl methyl sites for hydroxylation is 1. The molecule has 3 heterocycles. The van der Waals surface area contributed by atoms with Gasteiger partial charge >= 0.3 is 0 Å². The van der Waals surface area contributed by atoms with Crippen LogP contribution in [0.2, 0.25) is 0 Å². The van der Waals surface area contributed by atoms with Crippen LogP contribution < -0.4 is 15.6 Å². The van der Waals surface area contributed by atoms with E-state index in [2.05, 4.69) is 15.3 Å². The Kier molecular flexibility index (Phi) is 5.32. The van der Waals surface area contributed by atoms with Gasteiger partial charge in [-0.05, 0) is 54.4 Å². The van der Waals surface area contributed by atoms with Gasteiger partial charge in [-0.2, -0.15) is 0 Å². The Labute approximate surface area is 189 Å². The van der Waals surface area contributed by atoms with Gasteiger partial charge in [-0.3, -0.25) is 14.3 Å². The number of fused-ring (bicyclic) bond motifs is 3. The van der Waals surface area contributed by atoms with Crippen LogP contribution in [0.1, 0.15) is 28.4 Å². The van der Waals surface area contributed by atoms with Gasteiger partial charge in [0.25, 0.3) is 5.56 Å². The molecule has 1 aliphatic rings. The number of rotatable bonds is 5. The van der Waals surface area contributed by atoms with E-state index >= 15 is 0 Å². The number of nitrogens with zero attached hydrogens (tertiary/aromatic N) is 1. The lowest BCUT2D eigenvalue weighted by atomic mass is 9.95. The van der Waals surface area contributed by atoms with E-state index in [0.717, 1.165) is 39.9 Å². The van der Waals surface area contributed by atoms with E-state index < -0.39 is 6.04 Å². The van der Waals surface area contributed by atoms with Gasteiger partial charge in [-0.25, -0.2) is 0 Å². The molecule has 0 bridgehead atoms. The Hall–Kier alpha value is -3.36. The molecule has 164 valence electrons. The fourth-order valence-corrected chi connectivity index (χ4v) is 4.78. The van der Waals surface area contributed by atoms with Crippen molar-refractivity contribution in [3.8, 4) is 11.6 Å². The SMILES string of the molecule is COc1ccc2[nH]c3c(c2c1)CCNC3c1c(O)n(CCc2ccccc2)c(=S)[nH]c1=O. The van der Waals surface area contributed by atoms with E-state index in [1.807, 2.05) is 48.5 Å². The first-order valence-corrected chi connectivity index (χ1v) is 11.0. The highest BCUT2D eigenvalue weighted by molar-refractivity contribution is 7.71. The van der Waals surface area contributed by atoms with Crippen LogP contribution in [0.5, 0.6) is 11.6 Å². The third-order valence-corrected chi connectivity index (χ3v) is 6.44. The zero-order valence-corrected chi connectivity index (χ0v) is 18.5. The minimum atomic E-state index is -0.473. The fourth-order valence-electron chi connectivity index (χ4n) is 4.51. The molecule has 5 rings (SSSR count). The number of aromatic amines is 2. The molecule has 32 heavy (non-hydrogen) atoms. The van der Waals surface area contributed by atoms with Crippen LogP contribution in [0.15, 0.2) is 53.3 Å².